The van der Waals surface area contributed by atoms with Crippen LogP contribution in [0.15, 0.2) is 35.7 Å². The number of nitrogens with one attached hydrogen (secondary N) is 1. The molecular formula is C11H7N2S. The van der Waals surface area contributed by atoms with Crippen LogP contribution in [0.25, 0.3) is 21.7 Å². The van der Waals surface area contributed by atoms with E-state index in [4.69, 9.17) is 0 Å². The van der Waals surface area contributed by atoms with Gasteiger partial charge in [-0.3, -0.25) is 5.10 Å². The summed E-state index contributed by atoms with van der Waals surface area (Å²) in [5, 5.41) is 8.89. The first kappa shape index (κ1) is 7.76. The largest absolute Gasteiger partial charge is 0.276 e. The van der Waals surface area contributed by atoms with E-state index >= 15 is 0 Å². The van der Waals surface area contributed by atoms with Crippen molar-refractivity contribution in [3.8, 4) is 21.7 Å². The molecule has 0 bridgehead atoms. The number of aromatic amines is 1. The minimum absolute atomic E-state index is 0.952. The molecule has 1 radical (unpaired) electrons. The summed E-state index contributed by atoms with van der Waals surface area (Å²) >= 11 is 1.75. The summed E-state index contributed by atoms with van der Waals surface area (Å²) in [7, 11) is 0. The highest BCUT2D eigenvalue weighted by molar-refractivity contribution is 7.13. The maximum absolute atomic E-state index is 4.11. The van der Waals surface area contributed by atoms with Gasteiger partial charge in [0.05, 0.1) is 11.9 Å². The number of aromatic nitrogens is 2. The SMILES string of the molecule is [c]1cc(-c2cc3cccsc-3c2)n[nH]1. The van der Waals surface area contributed by atoms with E-state index in [1.165, 1.54) is 10.4 Å². The van der Waals surface area contributed by atoms with Gasteiger partial charge in [0.15, 0.2) is 0 Å². The van der Waals surface area contributed by atoms with Gasteiger partial charge in [-0.2, -0.15) is 5.10 Å². The highest BCUT2D eigenvalue weighted by atomic mass is 32.1. The fraction of sp³-hybridized carbons (Fsp3) is 0. The standard InChI is InChI=1S/C11H7N2S/c1-2-8-6-9(7-11(8)14-5-1)10-3-4-12-13-10/h1-3,5-7H,(H,12,13). The molecule has 3 rings (SSSR count). The van der Waals surface area contributed by atoms with E-state index in [2.05, 4.69) is 46.0 Å². The normalized spacial score (nSPS) is 10.9. The van der Waals surface area contributed by atoms with Crippen molar-refractivity contribution in [1.29, 1.82) is 0 Å². The predicted molar refractivity (Wildman–Crippen MR) is 57.4 cm³/mol. The summed E-state index contributed by atoms with van der Waals surface area (Å²) in [5.74, 6) is 0. The minimum atomic E-state index is 0.952. The van der Waals surface area contributed by atoms with Gasteiger partial charge >= 0.3 is 0 Å². The van der Waals surface area contributed by atoms with E-state index in [1.807, 2.05) is 6.07 Å². The van der Waals surface area contributed by atoms with Crippen LogP contribution < -0.4 is 0 Å². The van der Waals surface area contributed by atoms with Crippen molar-refractivity contribution in [1.82, 2.24) is 10.2 Å². The van der Waals surface area contributed by atoms with Gasteiger partial charge in [-0.1, -0.05) is 12.1 Å². The Morgan fingerprint density at radius 2 is 2.29 bits per heavy atom. The lowest BCUT2D eigenvalue weighted by Crippen LogP contribution is -1.71. The number of fused-ring (bicyclic) bond motifs is 1. The quantitative estimate of drug-likeness (QED) is 0.641. The molecule has 0 unspecified atom stereocenters. The van der Waals surface area contributed by atoms with Crippen LogP contribution in [0.1, 0.15) is 0 Å². The van der Waals surface area contributed by atoms with Crippen LogP contribution in [0.3, 0.4) is 0 Å². The average molecular weight is 199 g/mol. The van der Waals surface area contributed by atoms with Crippen LogP contribution >= 0.6 is 11.3 Å². The first-order chi connectivity index (χ1) is 6.93. The molecule has 0 amide bonds. The van der Waals surface area contributed by atoms with Gasteiger partial charge in [0, 0.05) is 10.4 Å². The lowest BCUT2D eigenvalue weighted by Gasteiger charge is -1.91. The maximum Gasteiger partial charge on any atom is 0.0928 e. The van der Waals surface area contributed by atoms with Gasteiger partial charge in [-0.05, 0) is 29.1 Å². The maximum atomic E-state index is 4.11. The second-order valence-corrected chi connectivity index (χ2v) is 4.02. The van der Waals surface area contributed by atoms with Gasteiger partial charge in [0.25, 0.3) is 0 Å². The number of rotatable bonds is 1. The van der Waals surface area contributed by atoms with Crippen LogP contribution in [0, 0.1) is 6.20 Å². The van der Waals surface area contributed by atoms with Crippen molar-refractivity contribution in [3.63, 3.8) is 0 Å². The van der Waals surface area contributed by atoms with Crippen LogP contribution in [-0.2, 0) is 0 Å². The Bertz CT molecular complexity index is 480. The van der Waals surface area contributed by atoms with Crippen molar-refractivity contribution in [2.45, 2.75) is 0 Å². The minimum Gasteiger partial charge on any atom is -0.276 e. The molecule has 2 heterocycles. The molecule has 1 aliphatic heterocycles. The number of hydrogen-bond donors (Lipinski definition) is 1. The fourth-order valence-corrected chi connectivity index (χ4v) is 2.28. The van der Waals surface area contributed by atoms with Crippen molar-refractivity contribution < 1.29 is 0 Å². The zero-order valence-electron chi connectivity index (χ0n) is 7.32. The first-order valence-corrected chi connectivity index (χ1v) is 5.20. The zero-order chi connectivity index (χ0) is 9.38. The highest BCUT2D eigenvalue weighted by Gasteiger charge is 2.08. The molecule has 0 spiro atoms. The second kappa shape index (κ2) is 2.96. The molecule has 67 valence electrons. The summed E-state index contributed by atoms with van der Waals surface area (Å²) in [4.78, 5) is 1.30. The van der Waals surface area contributed by atoms with Crippen molar-refractivity contribution >= 4 is 11.3 Å². The van der Waals surface area contributed by atoms with E-state index in [0.717, 1.165) is 11.3 Å². The molecule has 2 nitrogen and oxygen atoms in total. The highest BCUT2D eigenvalue weighted by Crippen LogP contribution is 2.33. The Hall–Kier alpha value is -1.61. The zero-order valence-corrected chi connectivity index (χ0v) is 8.14. The van der Waals surface area contributed by atoms with Gasteiger partial charge in [0.1, 0.15) is 0 Å². The molecule has 1 N–H and O–H groups in total. The van der Waals surface area contributed by atoms with Crippen molar-refractivity contribution in [3.05, 3.63) is 41.9 Å². The van der Waals surface area contributed by atoms with Crippen molar-refractivity contribution in [2.24, 2.45) is 0 Å². The van der Waals surface area contributed by atoms with Crippen LogP contribution in [0.2, 0.25) is 0 Å². The van der Waals surface area contributed by atoms with Gasteiger partial charge in [-0.15, -0.1) is 11.3 Å². The van der Waals surface area contributed by atoms with E-state index < -0.39 is 0 Å². The third kappa shape index (κ3) is 1.14. The fourth-order valence-electron chi connectivity index (χ4n) is 1.51. The molecule has 0 fully saturated rings. The van der Waals surface area contributed by atoms with Crippen LogP contribution in [0.4, 0.5) is 0 Å². The molecule has 1 aromatic heterocycles. The van der Waals surface area contributed by atoms with E-state index in [-0.39, 0.29) is 0 Å². The third-order valence-electron chi connectivity index (χ3n) is 2.18. The Labute approximate surface area is 85.6 Å². The lowest BCUT2D eigenvalue weighted by atomic mass is 10.2. The van der Waals surface area contributed by atoms with Crippen LogP contribution in [-0.4, -0.2) is 10.2 Å². The molecule has 0 saturated heterocycles. The van der Waals surface area contributed by atoms with E-state index in [1.54, 1.807) is 11.3 Å². The van der Waals surface area contributed by atoms with E-state index in [0.29, 0.717) is 0 Å². The molecule has 0 aromatic carbocycles. The lowest BCUT2D eigenvalue weighted by molar-refractivity contribution is 1.09. The van der Waals surface area contributed by atoms with E-state index in [9.17, 15) is 0 Å². The monoisotopic (exact) mass is 199 g/mol. The third-order valence-corrected chi connectivity index (χ3v) is 3.08. The molecule has 1 aromatic rings. The summed E-state index contributed by atoms with van der Waals surface area (Å²) in [6.07, 6.45) is 2.84. The summed E-state index contributed by atoms with van der Waals surface area (Å²) in [5.41, 5.74) is 3.38. The molecule has 0 saturated carbocycles. The Morgan fingerprint density at radius 1 is 1.29 bits per heavy atom. The summed E-state index contributed by atoms with van der Waals surface area (Å²) in [6, 6.07) is 10.3. The summed E-state index contributed by atoms with van der Waals surface area (Å²) in [6.45, 7) is 0. The summed E-state index contributed by atoms with van der Waals surface area (Å²) < 4.78 is 0. The van der Waals surface area contributed by atoms with Gasteiger partial charge in [-0.25, -0.2) is 0 Å². The first-order valence-electron chi connectivity index (χ1n) is 4.32. The number of nitrogens with zero attached hydrogens (tertiary/aromatic N) is 1. The number of hydrogen-bond acceptors (Lipinski definition) is 2. The molecule has 0 atom stereocenters. The van der Waals surface area contributed by atoms with Gasteiger partial charge in [0.2, 0.25) is 0 Å². The molecule has 3 heteroatoms. The number of H-pyrrole nitrogens is 1. The Kier molecular flexibility index (Phi) is 1.64. The average Bonchev–Trinajstić information content (AvgIpc) is 2.86. The van der Waals surface area contributed by atoms with Crippen molar-refractivity contribution in [2.75, 3.05) is 0 Å². The molecule has 2 aliphatic rings. The second-order valence-electron chi connectivity index (χ2n) is 3.07. The van der Waals surface area contributed by atoms with Gasteiger partial charge < -0.3 is 0 Å². The molecule has 1 aliphatic carbocycles. The topological polar surface area (TPSA) is 28.7 Å². The smallest absolute Gasteiger partial charge is 0.0928 e. The predicted octanol–water partition coefficient (Wildman–Crippen LogP) is 3.04. The van der Waals surface area contributed by atoms with Crippen LogP contribution in [0.5, 0.6) is 0 Å². The Morgan fingerprint density at radius 3 is 3.07 bits per heavy atom. The Balaban J connectivity index is 2.21. The molecular weight excluding hydrogens is 192 g/mol. The molecule has 14 heavy (non-hydrogen) atoms.